The first-order valence-electron chi connectivity index (χ1n) is 33.8. The molecule has 4 heterocycles. The van der Waals surface area contributed by atoms with Gasteiger partial charge in [-0.3, -0.25) is 19.2 Å². The number of nitrogens with zero attached hydrogens (tertiary/aromatic N) is 4. The molecular weight excluding hydrogens is 1290 g/mol. The van der Waals surface area contributed by atoms with E-state index < -0.39 is 0 Å². The number of aromatic nitrogens is 6. The fourth-order valence-electron chi connectivity index (χ4n) is 11.8. The molecule has 0 aliphatic carbocycles. The molecule has 0 unspecified atom stereocenters. The standard InChI is InChI=1S/C38H28N6O2.2C21H15N.C10H12N2O2/c45-37(43-35-31(25-13-5-1-6-14-25)39-33(41-35)27-17-9-3-10-18-27)29-21-23-30(24-22-29)38(46)44-36-32(26-15-7-2-8-16-26)40-34(42-36)28-19-11-4-12-20-28;2*1-3-9-16(10-4-1)20-15-18-13-7-8-14-19(18)21(22-20)17-11-5-2-6-12-17;1-11-9(13)7-3-5-8(6-4-7)10(14)12-2/h1-24H,(H,39,41)(H,40,42)(H,43,45)(H,44,46);2*1-15H;3-6H,1-2H3,(H,11,13)(H,12,14). The second-order valence-corrected chi connectivity index (χ2v) is 23.9. The van der Waals surface area contributed by atoms with E-state index >= 15 is 0 Å². The zero-order valence-electron chi connectivity index (χ0n) is 56.9. The van der Waals surface area contributed by atoms with Crippen LogP contribution in [0.15, 0.2) is 352 Å². The molecular formula is C90H70N10O4. The molecule has 16 aromatic rings. The van der Waals surface area contributed by atoms with Gasteiger partial charge in [0.15, 0.2) is 0 Å². The lowest BCUT2D eigenvalue weighted by Gasteiger charge is -2.10. The second-order valence-electron chi connectivity index (χ2n) is 23.9. The number of fused-ring (bicyclic) bond motifs is 2. The Morgan fingerprint density at radius 1 is 0.250 bits per heavy atom. The Balaban J connectivity index is 0.000000138. The van der Waals surface area contributed by atoms with E-state index in [1.54, 1.807) is 62.6 Å². The van der Waals surface area contributed by atoms with Gasteiger partial charge in [0.1, 0.15) is 34.7 Å². The third-order valence-corrected chi connectivity index (χ3v) is 17.1. The monoisotopic (exact) mass is 1350 g/mol. The summed E-state index contributed by atoms with van der Waals surface area (Å²) in [5.74, 6) is 1.27. The molecule has 0 aliphatic heterocycles. The fraction of sp³-hybridized carbons (Fsp3) is 0.0222. The van der Waals surface area contributed by atoms with Crippen molar-refractivity contribution in [2.45, 2.75) is 0 Å². The largest absolute Gasteiger partial charge is 0.355 e. The molecule has 14 nitrogen and oxygen atoms in total. The van der Waals surface area contributed by atoms with E-state index in [0.717, 1.165) is 67.3 Å². The van der Waals surface area contributed by atoms with Gasteiger partial charge in [0, 0.05) is 91.6 Å². The molecule has 16 rings (SSSR count). The number of nitrogens with one attached hydrogen (secondary N) is 6. The van der Waals surface area contributed by atoms with E-state index in [9.17, 15) is 19.2 Å². The molecule has 0 saturated heterocycles. The Bertz CT molecular complexity index is 5210. The van der Waals surface area contributed by atoms with Crippen molar-refractivity contribution in [3.05, 3.63) is 374 Å². The van der Waals surface area contributed by atoms with Crippen LogP contribution < -0.4 is 21.3 Å². The van der Waals surface area contributed by atoms with Gasteiger partial charge in [-0.15, -0.1) is 0 Å². The first-order valence-corrected chi connectivity index (χ1v) is 33.8. The van der Waals surface area contributed by atoms with Crippen molar-refractivity contribution in [2.75, 3.05) is 24.7 Å². The predicted octanol–water partition coefficient (Wildman–Crippen LogP) is 19.8. The number of imidazole rings is 2. The first-order chi connectivity index (χ1) is 51.1. The summed E-state index contributed by atoms with van der Waals surface area (Å²) in [7, 11) is 3.13. The number of hydrogen-bond donors (Lipinski definition) is 6. The lowest BCUT2D eigenvalue weighted by atomic mass is 10.0. The Hall–Kier alpha value is -14.2. The van der Waals surface area contributed by atoms with Crippen molar-refractivity contribution in [3.63, 3.8) is 0 Å². The maximum Gasteiger partial charge on any atom is 0.256 e. The lowest BCUT2D eigenvalue weighted by Crippen LogP contribution is -2.19. The highest BCUT2D eigenvalue weighted by atomic mass is 16.2. The number of hydrogen-bond acceptors (Lipinski definition) is 8. The van der Waals surface area contributed by atoms with Gasteiger partial charge >= 0.3 is 0 Å². The lowest BCUT2D eigenvalue weighted by molar-refractivity contribution is 0.0951. The van der Waals surface area contributed by atoms with Crippen molar-refractivity contribution in [3.8, 4) is 90.3 Å². The molecule has 6 N–H and O–H groups in total. The first kappa shape index (κ1) is 68.3. The Labute approximate surface area is 602 Å². The topological polar surface area (TPSA) is 200 Å². The van der Waals surface area contributed by atoms with Crippen LogP contribution in [0.5, 0.6) is 0 Å². The number of amides is 4. The van der Waals surface area contributed by atoms with E-state index in [1.165, 1.54) is 21.5 Å². The van der Waals surface area contributed by atoms with Gasteiger partial charge in [0.25, 0.3) is 23.6 Å². The highest BCUT2D eigenvalue weighted by molar-refractivity contribution is 6.09. The Morgan fingerprint density at radius 3 is 0.779 bits per heavy atom. The Morgan fingerprint density at radius 2 is 0.490 bits per heavy atom. The van der Waals surface area contributed by atoms with Gasteiger partial charge < -0.3 is 31.2 Å². The minimum Gasteiger partial charge on any atom is -0.355 e. The van der Waals surface area contributed by atoms with Gasteiger partial charge in [0.05, 0.1) is 22.8 Å². The molecule has 0 spiro atoms. The zero-order valence-corrected chi connectivity index (χ0v) is 56.9. The number of anilines is 2. The summed E-state index contributed by atoms with van der Waals surface area (Å²) < 4.78 is 0. The average Bonchev–Trinajstić information content (AvgIpc) is 1.25. The highest BCUT2D eigenvalue weighted by Gasteiger charge is 2.21. The van der Waals surface area contributed by atoms with E-state index in [1.807, 2.05) is 170 Å². The minimum atomic E-state index is -0.333. The predicted molar refractivity (Wildman–Crippen MR) is 420 cm³/mol. The summed E-state index contributed by atoms with van der Waals surface area (Å²) in [6.45, 7) is 0. The molecule has 0 atom stereocenters. The third-order valence-electron chi connectivity index (χ3n) is 17.1. The number of H-pyrrole nitrogens is 2. The number of carbonyl (C=O) groups is 4. The quantitative estimate of drug-likeness (QED) is 0.0618. The fourth-order valence-corrected chi connectivity index (χ4v) is 11.8. The zero-order chi connectivity index (χ0) is 71.4. The third kappa shape index (κ3) is 16.6. The summed E-state index contributed by atoms with van der Waals surface area (Å²) in [4.78, 5) is 75.1. The highest BCUT2D eigenvalue weighted by Crippen LogP contribution is 2.35. The number of carbonyl (C=O) groups excluding carboxylic acids is 4. The SMILES string of the molecule is CNC(=O)c1ccc(C(=O)NC)cc1.O=C(Nc1[nH]c(-c2ccccc2)nc1-c1ccccc1)c1ccc(C(=O)Nc2[nH]c(-c3ccccc3)nc2-c2ccccc2)cc1.c1ccc(-c2cc3ccccc3c(-c3ccccc3)n2)cc1.c1ccc(-c2cc3ccccc3c(-c3ccccc3)n2)cc1. The van der Waals surface area contributed by atoms with E-state index in [-0.39, 0.29) is 23.6 Å². The molecule has 0 saturated carbocycles. The second kappa shape index (κ2) is 33.1. The van der Waals surface area contributed by atoms with Crippen LogP contribution in [-0.4, -0.2) is 67.6 Å². The summed E-state index contributed by atoms with van der Waals surface area (Å²) in [6.07, 6.45) is 0. The number of aromatic amines is 2. The van der Waals surface area contributed by atoms with Crippen molar-refractivity contribution in [1.82, 2.24) is 40.5 Å². The van der Waals surface area contributed by atoms with Crippen LogP contribution in [0.2, 0.25) is 0 Å². The van der Waals surface area contributed by atoms with Crippen LogP contribution in [0.4, 0.5) is 11.6 Å². The molecule has 0 aliphatic rings. The minimum absolute atomic E-state index is 0.159. The number of pyridine rings is 2. The van der Waals surface area contributed by atoms with Gasteiger partial charge in [0.2, 0.25) is 0 Å². The summed E-state index contributed by atoms with van der Waals surface area (Å²) in [5, 5.41) is 15.8. The van der Waals surface area contributed by atoms with Crippen molar-refractivity contribution in [1.29, 1.82) is 0 Å². The molecule has 0 radical (unpaired) electrons. The molecule has 12 aromatic carbocycles. The van der Waals surface area contributed by atoms with Crippen LogP contribution in [-0.2, 0) is 0 Å². The maximum atomic E-state index is 13.4. The molecule has 4 amide bonds. The molecule has 14 heteroatoms. The van der Waals surface area contributed by atoms with Gasteiger partial charge in [-0.25, -0.2) is 19.9 Å². The normalized spacial score (nSPS) is 10.6. The maximum absolute atomic E-state index is 13.4. The van der Waals surface area contributed by atoms with Crippen molar-refractivity contribution in [2.24, 2.45) is 0 Å². The van der Waals surface area contributed by atoms with Crippen LogP contribution in [0.25, 0.3) is 112 Å². The van der Waals surface area contributed by atoms with E-state index in [4.69, 9.17) is 19.9 Å². The molecule has 504 valence electrons. The van der Waals surface area contributed by atoms with E-state index in [2.05, 4.69) is 165 Å². The van der Waals surface area contributed by atoms with E-state index in [0.29, 0.717) is 56.9 Å². The summed E-state index contributed by atoms with van der Waals surface area (Å²) in [5.41, 5.74) is 15.4. The number of benzene rings is 12. The smallest absolute Gasteiger partial charge is 0.256 e. The van der Waals surface area contributed by atoms with Crippen LogP contribution in [0.1, 0.15) is 41.4 Å². The average molecular weight is 1360 g/mol. The van der Waals surface area contributed by atoms with Gasteiger partial charge in [-0.05, 0) is 71.4 Å². The van der Waals surface area contributed by atoms with Gasteiger partial charge in [-0.1, -0.05) is 291 Å². The van der Waals surface area contributed by atoms with Crippen molar-refractivity contribution >= 4 is 56.8 Å². The number of rotatable bonds is 14. The molecule has 4 aromatic heterocycles. The van der Waals surface area contributed by atoms with Crippen LogP contribution in [0, 0.1) is 0 Å². The van der Waals surface area contributed by atoms with Crippen LogP contribution in [0.3, 0.4) is 0 Å². The van der Waals surface area contributed by atoms with Crippen molar-refractivity contribution < 1.29 is 19.2 Å². The summed E-state index contributed by atoms with van der Waals surface area (Å²) in [6, 6.07) is 114. The molecule has 104 heavy (non-hydrogen) atoms. The van der Waals surface area contributed by atoms with Gasteiger partial charge in [-0.2, -0.15) is 0 Å². The summed E-state index contributed by atoms with van der Waals surface area (Å²) >= 11 is 0. The Kier molecular flexibility index (Phi) is 21.7. The molecule has 0 fully saturated rings. The van der Waals surface area contributed by atoms with Crippen LogP contribution >= 0.6 is 0 Å². The molecule has 0 bridgehead atoms.